The molecule has 0 aromatic heterocycles. The quantitative estimate of drug-likeness (QED) is 0.846. The van der Waals surface area contributed by atoms with Crippen molar-refractivity contribution < 1.29 is 4.74 Å². The van der Waals surface area contributed by atoms with Gasteiger partial charge in [-0.15, -0.1) is 0 Å². The molecule has 2 rings (SSSR count). The van der Waals surface area contributed by atoms with Crippen LogP contribution in [0.5, 0.6) is 0 Å². The second-order valence-electron chi connectivity index (χ2n) is 6.14. The molecule has 19 heavy (non-hydrogen) atoms. The number of rotatable bonds is 6. The van der Waals surface area contributed by atoms with Gasteiger partial charge in [-0.1, -0.05) is 44.2 Å². The van der Waals surface area contributed by atoms with Gasteiger partial charge in [-0.25, -0.2) is 0 Å². The van der Waals surface area contributed by atoms with Crippen molar-refractivity contribution in [2.45, 2.75) is 57.1 Å². The Morgan fingerprint density at radius 1 is 1.32 bits per heavy atom. The fraction of sp³-hybridized carbons (Fsp3) is 0.647. The zero-order valence-corrected chi connectivity index (χ0v) is 12.5. The highest BCUT2D eigenvalue weighted by Gasteiger charge is 2.30. The molecule has 2 nitrogen and oxygen atoms in total. The van der Waals surface area contributed by atoms with Crippen LogP contribution in [0.25, 0.3) is 0 Å². The number of likely N-dealkylation sites (N-methyl/N-ethyl adjacent to an activating group) is 1. The summed E-state index contributed by atoms with van der Waals surface area (Å²) in [7, 11) is 2.07. The maximum absolute atomic E-state index is 5.74. The van der Waals surface area contributed by atoms with E-state index >= 15 is 0 Å². The van der Waals surface area contributed by atoms with Crippen LogP contribution in [-0.4, -0.2) is 25.8 Å². The molecule has 1 aromatic carbocycles. The normalized spacial score (nSPS) is 21.5. The molecule has 0 spiro atoms. The second-order valence-corrected chi connectivity index (χ2v) is 6.14. The molecular formula is C17H27NO. The first-order valence-electron chi connectivity index (χ1n) is 7.49. The minimum atomic E-state index is 0.147. The van der Waals surface area contributed by atoms with E-state index in [4.69, 9.17) is 4.74 Å². The van der Waals surface area contributed by atoms with Crippen LogP contribution in [0.3, 0.4) is 0 Å². The molecule has 0 bridgehead atoms. The van der Waals surface area contributed by atoms with E-state index in [9.17, 15) is 0 Å². The third-order valence-electron chi connectivity index (χ3n) is 4.54. The summed E-state index contributed by atoms with van der Waals surface area (Å²) in [4.78, 5) is 0. The number of hydrogen-bond acceptors (Lipinski definition) is 2. The van der Waals surface area contributed by atoms with Crippen LogP contribution in [0.4, 0.5) is 0 Å². The van der Waals surface area contributed by atoms with E-state index in [1.165, 1.54) is 31.2 Å². The zero-order chi connectivity index (χ0) is 13.7. The molecule has 1 aromatic rings. The predicted octanol–water partition coefficient (Wildman–Crippen LogP) is 3.51. The lowest BCUT2D eigenvalue weighted by Gasteiger charge is -2.35. The van der Waals surface area contributed by atoms with E-state index < -0.39 is 0 Å². The molecule has 0 aliphatic carbocycles. The van der Waals surface area contributed by atoms with Crippen LogP contribution in [0.1, 0.15) is 45.1 Å². The van der Waals surface area contributed by atoms with Gasteiger partial charge < -0.3 is 10.1 Å². The summed E-state index contributed by atoms with van der Waals surface area (Å²) in [5.74, 6) is 0. The van der Waals surface area contributed by atoms with Crippen LogP contribution in [0, 0.1) is 0 Å². The van der Waals surface area contributed by atoms with Crippen molar-refractivity contribution >= 4 is 0 Å². The van der Waals surface area contributed by atoms with E-state index in [0.717, 1.165) is 6.61 Å². The highest BCUT2D eigenvalue weighted by molar-refractivity contribution is 5.25. The summed E-state index contributed by atoms with van der Waals surface area (Å²) in [5.41, 5.74) is 1.55. The molecule has 1 aliphatic heterocycles. The highest BCUT2D eigenvalue weighted by atomic mass is 16.5. The van der Waals surface area contributed by atoms with Crippen molar-refractivity contribution in [3.05, 3.63) is 35.9 Å². The third kappa shape index (κ3) is 3.58. The van der Waals surface area contributed by atoms with Gasteiger partial charge in [0.2, 0.25) is 0 Å². The van der Waals surface area contributed by atoms with Crippen LogP contribution < -0.4 is 5.32 Å². The Bertz CT molecular complexity index is 368. The highest BCUT2D eigenvalue weighted by Crippen LogP contribution is 2.30. The molecule has 106 valence electrons. The SMILES string of the molecule is CNC(CCC1CCCO1)C(C)(C)c1ccccc1. The molecule has 2 atom stereocenters. The summed E-state index contributed by atoms with van der Waals surface area (Å²) >= 11 is 0. The lowest BCUT2D eigenvalue weighted by molar-refractivity contribution is 0.0970. The Morgan fingerprint density at radius 2 is 2.05 bits per heavy atom. The Labute approximate surface area is 117 Å². The van der Waals surface area contributed by atoms with Crippen molar-refractivity contribution in [2.24, 2.45) is 0 Å². The van der Waals surface area contributed by atoms with Crippen LogP contribution in [-0.2, 0) is 10.2 Å². The molecule has 1 aliphatic rings. The summed E-state index contributed by atoms with van der Waals surface area (Å²) in [6, 6.07) is 11.3. The van der Waals surface area contributed by atoms with Gasteiger partial charge in [0.1, 0.15) is 0 Å². The smallest absolute Gasteiger partial charge is 0.0576 e. The minimum Gasteiger partial charge on any atom is -0.378 e. The predicted molar refractivity (Wildman–Crippen MR) is 80.5 cm³/mol. The Balaban J connectivity index is 1.99. The number of benzene rings is 1. The maximum Gasteiger partial charge on any atom is 0.0576 e. The molecule has 0 radical (unpaired) electrons. The zero-order valence-electron chi connectivity index (χ0n) is 12.5. The van der Waals surface area contributed by atoms with E-state index in [1.54, 1.807) is 0 Å². The van der Waals surface area contributed by atoms with Crippen molar-refractivity contribution in [2.75, 3.05) is 13.7 Å². The van der Waals surface area contributed by atoms with Gasteiger partial charge in [0.05, 0.1) is 6.10 Å². The van der Waals surface area contributed by atoms with Crippen molar-refractivity contribution in [3.63, 3.8) is 0 Å². The monoisotopic (exact) mass is 261 g/mol. The third-order valence-corrected chi connectivity index (χ3v) is 4.54. The van der Waals surface area contributed by atoms with Crippen molar-refractivity contribution in [3.8, 4) is 0 Å². The molecule has 0 amide bonds. The van der Waals surface area contributed by atoms with E-state index in [1.807, 2.05) is 0 Å². The average Bonchev–Trinajstić information content (AvgIpc) is 2.93. The fourth-order valence-electron chi connectivity index (χ4n) is 3.16. The number of hydrogen-bond donors (Lipinski definition) is 1. The van der Waals surface area contributed by atoms with E-state index in [2.05, 4.69) is 56.5 Å². The Morgan fingerprint density at radius 3 is 2.63 bits per heavy atom. The van der Waals surface area contributed by atoms with Gasteiger partial charge in [-0.3, -0.25) is 0 Å². The lowest BCUT2D eigenvalue weighted by Crippen LogP contribution is -2.43. The van der Waals surface area contributed by atoms with Crippen LogP contribution >= 0.6 is 0 Å². The summed E-state index contributed by atoms with van der Waals surface area (Å²) in [6.07, 6.45) is 5.30. The van der Waals surface area contributed by atoms with Gasteiger partial charge in [0.25, 0.3) is 0 Å². The fourth-order valence-corrected chi connectivity index (χ4v) is 3.16. The van der Waals surface area contributed by atoms with Crippen molar-refractivity contribution in [1.82, 2.24) is 5.32 Å². The van der Waals surface area contributed by atoms with Gasteiger partial charge in [-0.2, -0.15) is 0 Å². The first-order chi connectivity index (χ1) is 9.14. The molecule has 1 saturated heterocycles. The molecule has 1 heterocycles. The first-order valence-corrected chi connectivity index (χ1v) is 7.49. The standard InChI is InChI=1S/C17H27NO/c1-17(2,14-8-5-4-6-9-14)16(18-3)12-11-15-10-7-13-19-15/h4-6,8-9,15-16,18H,7,10-13H2,1-3H3. The Hall–Kier alpha value is -0.860. The van der Waals surface area contributed by atoms with Gasteiger partial charge in [-0.05, 0) is 38.3 Å². The molecule has 2 heteroatoms. The maximum atomic E-state index is 5.74. The van der Waals surface area contributed by atoms with Crippen molar-refractivity contribution in [1.29, 1.82) is 0 Å². The van der Waals surface area contributed by atoms with Gasteiger partial charge in [0, 0.05) is 18.1 Å². The summed E-state index contributed by atoms with van der Waals surface area (Å²) in [5, 5.41) is 3.51. The molecule has 0 saturated carbocycles. The minimum absolute atomic E-state index is 0.147. The largest absolute Gasteiger partial charge is 0.378 e. The summed E-state index contributed by atoms with van der Waals surface area (Å²) < 4.78 is 5.74. The lowest BCUT2D eigenvalue weighted by atomic mass is 9.75. The van der Waals surface area contributed by atoms with Gasteiger partial charge >= 0.3 is 0 Å². The summed E-state index contributed by atoms with van der Waals surface area (Å²) in [6.45, 7) is 5.62. The van der Waals surface area contributed by atoms with Crippen LogP contribution in [0.2, 0.25) is 0 Å². The molecule has 1 fully saturated rings. The van der Waals surface area contributed by atoms with Gasteiger partial charge in [0.15, 0.2) is 0 Å². The molecular weight excluding hydrogens is 234 g/mol. The first kappa shape index (κ1) is 14.5. The van der Waals surface area contributed by atoms with Crippen LogP contribution in [0.15, 0.2) is 30.3 Å². The Kier molecular flexibility index (Phi) is 5.00. The second kappa shape index (κ2) is 6.53. The molecule has 1 N–H and O–H groups in total. The van der Waals surface area contributed by atoms with E-state index in [-0.39, 0.29) is 5.41 Å². The topological polar surface area (TPSA) is 21.3 Å². The average molecular weight is 261 g/mol. The molecule has 2 unspecified atom stereocenters. The number of ether oxygens (including phenoxy) is 1. The number of nitrogens with one attached hydrogen (secondary N) is 1. The van der Waals surface area contributed by atoms with E-state index in [0.29, 0.717) is 12.1 Å².